The molecule has 0 saturated carbocycles. The minimum Gasteiger partial charge on any atom is -0.493 e. The molecule has 1 aromatic carbocycles. The summed E-state index contributed by atoms with van der Waals surface area (Å²) in [5.74, 6) is 0.936. The van der Waals surface area contributed by atoms with Crippen molar-refractivity contribution in [3.63, 3.8) is 0 Å². The van der Waals surface area contributed by atoms with Crippen molar-refractivity contribution in [1.82, 2.24) is 10.3 Å². The van der Waals surface area contributed by atoms with Crippen LogP contribution in [-0.4, -0.2) is 18.6 Å². The van der Waals surface area contributed by atoms with E-state index in [0.717, 1.165) is 35.8 Å². The second kappa shape index (κ2) is 7.41. The standard InChI is InChI=1S/C16H22N2OS/c1-4-13-5-7-14(8-6-13)19-10-9-16-18-12(2)15(20-16)11-17-3/h5-8,17H,4,9-11H2,1-3H3. The van der Waals surface area contributed by atoms with Gasteiger partial charge in [-0.15, -0.1) is 11.3 Å². The van der Waals surface area contributed by atoms with E-state index < -0.39 is 0 Å². The molecule has 20 heavy (non-hydrogen) atoms. The molecule has 0 atom stereocenters. The van der Waals surface area contributed by atoms with E-state index in [1.54, 1.807) is 11.3 Å². The number of rotatable bonds is 7. The molecule has 0 radical (unpaired) electrons. The average Bonchev–Trinajstić information content (AvgIpc) is 2.80. The van der Waals surface area contributed by atoms with Crippen molar-refractivity contribution in [2.24, 2.45) is 0 Å². The number of hydrogen-bond donors (Lipinski definition) is 1. The summed E-state index contributed by atoms with van der Waals surface area (Å²) in [6, 6.07) is 8.32. The fourth-order valence-corrected chi connectivity index (χ4v) is 3.06. The van der Waals surface area contributed by atoms with Crippen LogP contribution in [0.3, 0.4) is 0 Å². The highest BCUT2D eigenvalue weighted by Crippen LogP contribution is 2.19. The summed E-state index contributed by atoms with van der Waals surface area (Å²) in [5.41, 5.74) is 2.47. The average molecular weight is 290 g/mol. The molecule has 1 aromatic heterocycles. The highest BCUT2D eigenvalue weighted by molar-refractivity contribution is 7.11. The number of nitrogens with zero attached hydrogens (tertiary/aromatic N) is 1. The van der Waals surface area contributed by atoms with E-state index >= 15 is 0 Å². The minimum absolute atomic E-state index is 0.678. The van der Waals surface area contributed by atoms with Gasteiger partial charge < -0.3 is 10.1 Å². The summed E-state index contributed by atoms with van der Waals surface area (Å²) < 4.78 is 5.77. The van der Waals surface area contributed by atoms with Crippen LogP contribution in [0.1, 0.15) is 28.1 Å². The highest BCUT2D eigenvalue weighted by Gasteiger charge is 2.06. The van der Waals surface area contributed by atoms with Crippen LogP contribution < -0.4 is 10.1 Å². The third-order valence-corrected chi connectivity index (χ3v) is 4.41. The van der Waals surface area contributed by atoms with Crippen LogP contribution in [-0.2, 0) is 19.4 Å². The lowest BCUT2D eigenvalue weighted by atomic mass is 10.2. The van der Waals surface area contributed by atoms with Gasteiger partial charge in [0.05, 0.1) is 17.3 Å². The van der Waals surface area contributed by atoms with E-state index in [1.807, 2.05) is 19.2 Å². The number of benzene rings is 1. The molecule has 0 amide bonds. The Hall–Kier alpha value is -1.39. The van der Waals surface area contributed by atoms with Gasteiger partial charge in [-0.2, -0.15) is 0 Å². The zero-order valence-electron chi connectivity index (χ0n) is 12.4. The molecule has 1 heterocycles. The zero-order valence-corrected chi connectivity index (χ0v) is 13.2. The van der Waals surface area contributed by atoms with Crippen LogP contribution in [0.25, 0.3) is 0 Å². The first-order valence-electron chi connectivity index (χ1n) is 7.04. The monoisotopic (exact) mass is 290 g/mol. The van der Waals surface area contributed by atoms with Crippen molar-refractivity contribution in [1.29, 1.82) is 0 Å². The van der Waals surface area contributed by atoms with Crippen molar-refractivity contribution in [3.05, 3.63) is 45.4 Å². The van der Waals surface area contributed by atoms with E-state index in [1.165, 1.54) is 10.4 Å². The molecule has 108 valence electrons. The third-order valence-electron chi connectivity index (χ3n) is 3.19. The van der Waals surface area contributed by atoms with E-state index in [0.29, 0.717) is 6.61 Å². The summed E-state index contributed by atoms with van der Waals surface area (Å²) in [6.45, 7) is 5.79. The van der Waals surface area contributed by atoms with Gasteiger partial charge in [-0.05, 0) is 38.1 Å². The van der Waals surface area contributed by atoms with Crippen LogP contribution in [0.15, 0.2) is 24.3 Å². The maximum Gasteiger partial charge on any atom is 0.119 e. The summed E-state index contributed by atoms with van der Waals surface area (Å²) in [4.78, 5) is 5.90. The summed E-state index contributed by atoms with van der Waals surface area (Å²) in [6.07, 6.45) is 1.93. The molecule has 0 fully saturated rings. The second-order valence-corrected chi connectivity index (χ2v) is 5.91. The summed E-state index contributed by atoms with van der Waals surface area (Å²) >= 11 is 1.77. The SMILES string of the molecule is CCc1ccc(OCCc2nc(C)c(CNC)s2)cc1. The van der Waals surface area contributed by atoms with E-state index in [2.05, 4.69) is 36.3 Å². The zero-order chi connectivity index (χ0) is 14.4. The van der Waals surface area contributed by atoms with Gasteiger partial charge in [0, 0.05) is 17.8 Å². The molecule has 3 nitrogen and oxygen atoms in total. The molecule has 2 rings (SSSR count). The Kier molecular flexibility index (Phi) is 5.56. The lowest BCUT2D eigenvalue weighted by Crippen LogP contribution is -2.04. The van der Waals surface area contributed by atoms with Gasteiger partial charge in [0.25, 0.3) is 0 Å². The Labute approximate surface area is 125 Å². The van der Waals surface area contributed by atoms with Crippen LogP contribution in [0, 0.1) is 6.92 Å². The number of nitrogens with one attached hydrogen (secondary N) is 1. The molecular formula is C16H22N2OS. The molecular weight excluding hydrogens is 268 g/mol. The van der Waals surface area contributed by atoms with Crippen molar-refractivity contribution >= 4 is 11.3 Å². The number of hydrogen-bond acceptors (Lipinski definition) is 4. The van der Waals surface area contributed by atoms with Gasteiger partial charge in [0.15, 0.2) is 0 Å². The molecule has 0 bridgehead atoms. The lowest BCUT2D eigenvalue weighted by Gasteiger charge is -2.05. The maximum absolute atomic E-state index is 5.77. The Balaban J connectivity index is 1.84. The van der Waals surface area contributed by atoms with E-state index in [4.69, 9.17) is 4.74 Å². The topological polar surface area (TPSA) is 34.1 Å². The number of ether oxygens (including phenoxy) is 1. The van der Waals surface area contributed by atoms with Gasteiger partial charge >= 0.3 is 0 Å². The predicted octanol–water partition coefficient (Wildman–Crippen LogP) is 3.35. The van der Waals surface area contributed by atoms with Gasteiger partial charge in [-0.25, -0.2) is 4.98 Å². The van der Waals surface area contributed by atoms with E-state index in [9.17, 15) is 0 Å². The van der Waals surface area contributed by atoms with Crippen molar-refractivity contribution in [2.45, 2.75) is 33.2 Å². The first kappa shape index (κ1) is 15.0. The van der Waals surface area contributed by atoms with Gasteiger partial charge in [-0.1, -0.05) is 19.1 Å². The first-order chi connectivity index (χ1) is 9.72. The molecule has 0 aliphatic heterocycles. The molecule has 2 aromatic rings. The third kappa shape index (κ3) is 4.05. The minimum atomic E-state index is 0.678. The lowest BCUT2D eigenvalue weighted by molar-refractivity contribution is 0.321. The Morgan fingerprint density at radius 1 is 1.25 bits per heavy atom. The maximum atomic E-state index is 5.77. The quantitative estimate of drug-likeness (QED) is 0.849. The van der Waals surface area contributed by atoms with Gasteiger partial charge in [-0.3, -0.25) is 0 Å². The summed E-state index contributed by atoms with van der Waals surface area (Å²) in [7, 11) is 1.96. The smallest absolute Gasteiger partial charge is 0.119 e. The number of aryl methyl sites for hydroxylation is 2. The Bertz CT molecular complexity index is 534. The summed E-state index contributed by atoms with van der Waals surface area (Å²) in [5, 5.41) is 4.32. The van der Waals surface area contributed by atoms with Crippen LogP contribution in [0.5, 0.6) is 5.75 Å². The molecule has 0 unspecified atom stereocenters. The van der Waals surface area contributed by atoms with Gasteiger partial charge in [0.2, 0.25) is 0 Å². The Morgan fingerprint density at radius 3 is 2.65 bits per heavy atom. The molecule has 0 aliphatic rings. The normalized spacial score (nSPS) is 10.8. The molecule has 4 heteroatoms. The Morgan fingerprint density at radius 2 is 2.00 bits per heavy atom. The largest absolute Gasteiger partial charge is 0.493 e. The molecule has 0 saturated heterocycles. The van der Waals surface area contributed by atoms with Crippen molar-refractivity contribution < 1.29 is 4.74 Å². The van der Waals surface area contributed by atoms with Crippen LogP contribution in [0.4, 0.5) is 0 Å². The molecule has 0 aliphatic carbocycles. The van der Waals surface area contributed by atoms with Crippen LogP contribution >= 0.6 is 11.3 Å². The fourth-order valence-electron chi connectivity index (χ4n) is 2.00. The molecule has 1 N–H and O–H groups in total. The van der Waals surface area contributed by atoms with Crippen molar-refractivity contribution in [2.75, 3.05) is 13.7 Å². The first-order valence-corrected chi connectivity index (χ1v) is 7.86. The van der Waals surface area contributed by atoms with Crippen molar-refractivity contribution in [3.8, 4) is 5.75 Å². The predicted molar refractivity (Wildman–Crippen MR) is 84.6 cm³/mol. The fraction of sp³-hybridized carbons (Fsp3) is 0.438. The second-order valence-electron chi connectivity index (χ2n) is 4.74. The van der Waals surface area contributed by atoms with Gasteiger partial charge in [0.1, 0.15) is 5.75 Å². The number of aromatic nitrogens is 1. The van der Waals surface area contributed by atoms with Crippen LogP contribution in [0.2, 0.25) is 0 Å². The number of thiazole rings is 1. The molecule has 0 spiro atoms. The van der Waals surface area contributed by atoms with E-state index in [-0.39, 0.29) is 0 Å². The highest BCUT2D eigenvalue weighted by atomic mass is 32.1.